The quantitative estimate of drug-likeness (QED) is 0.158. The highest BCUT2D eigenvalue weighted by atomic mass is 19.1. The van der Waals surface area contributed by atoms with Crippen LogP contribution in [0.3, 0.4) is 0 Å². The number of hydrogen-bond acceptors (Lipinski definition) is 5. The monoisotopic (exact) mass is 503 g/mol. The largest absolute Gasteiger partial charge is 0.507 e. The van der Waals surface area contributed by atoms with Gasteiger partial charge in [-0.05, 0) is 60.9 Å². The smallest absolute Gasteiger partial charge is 0.295 e. The number of Topliss-reactive ketones (excluding diaryl/α,β-unsaturated/α-hetero) is 1. The third-order valence-electron chi connectivity index (χ3n) is 6.19. The van der Waals surface area contributed by atoms with E-state index < -0.39 is 23.5 Å². The van der Waals surface area contributed by atoms with Gasteiger partial charge in [-0.3, -0.25) is 9.59 Å². The van der Waals surface area contributed by atoms with E-state index in [9.17, 15) is 19.1 Å². The molecule has 0 radical (unpaired) electrons. The normalized spacial score (nSPS) is 16.7. The van der Waals surface area contributed by atoms with Crippen molar-refractivity contribution in [1.82, 2.24) is 4.90 Å². The highest BCUT2D eigenvalue weighted by molar-refractivity contribution is 6.46. The fourth-order valence-electron chi connectivity index (χ4n) is 4.34. The number of likely N-dealkylation sites (tertiary alicyclic amines) is 1. The van der Waals surface area contributed by atoms with Gasteiger partial charge in [0, 0.05) is 12.1 Å². The molecule has 1 fully saturated rings. The Hall–Kier alpha value is -4.13. The van der Waals surface area contributed by atoms with Crippen LogP contribution < -0.4 is 9.47 Å². The average molecular weight is 504 g/mol. The second kappa shape index (κ2) is 11.7. The summed E-state index contributed by atoms with van der Waals surface area (Å²) in [5.41, 5.74) is 1.61. The molecule has 3 aromatic carbocycles. The van der Waals surface area contributed by atoms with E-state index in [0.717, 1.165) is 18.4 Å². The maximum absolute atomic E-state index is 13.5. The highest BCUT2D eigenvalue weighted by Crippen LogP contribution is 2.42. The van der Waals surface area contributed by atoms with Crippen molar-refractivity contribution in [2.24, 2.45) is 0 Å². The number of nitrogens with zero attached hydrogens (tertiary/aromatic N) is 1. The molecule has 1 saturated heterocycles. The zero-order chi connectivity index (χ0) is 26.4. The van der Waals surface area contributed by atoms with Crippen LogP contribution in [0, 0.1) is 5.82 Å². The third kappa shape index (κ3) is 5.66. The standard InChI is InChI=1S/C30H30FNO5/c1-3-5-17-37-24-16-13-22(18-25(24)36-4-2)27-26(28(33)21-11-14-23(31)15-12-21)29(34)30(35)32(27)19-20-9-7-6-8-10-20/h6-16,18,27,33H,3-5,17,19H2,1-2H3. The lowest BCUT2D eigenvalue weighted by Gasteiger charge is -2.26. The van der Waals surface area contributed by atoms with Crippen LogP contribution in [0.5, 0.6) is 11.5 Å². The molecule has 4 rings (SSSR count). The first-order valence-electron chi connectivity index (χ1n) is 12.4. The van der Waals surface area contributed by atoms with Gasteiger partial charge in [0.15, 0.2) is 11.5 Å². The molecular formula is C30H30FNO5. The van der Waals surface area contributed by atoms with Gasteiger partial charge in [0.05, 0.1) is 24.8 Å². The molecule has 0 bridgehead atoms. The Morgan fingerprint density at radius 1 is 0.946 bits per heavy atom. The molecule has 0 spiro atoms. The van der Waals surface area contributed by atoms with Crippen LogP contribution in [0.2, 0.25) is 0 Å². The first-order chi connectivity index (χ1) is 17.9. The molecule has 192 valence electrons. The summed E-state index contributed by atoms with van der Waals surface area (Å²) < 4.78 is 25.3. The molecule has 1 N–H and O–H groups in total. The van der Waals surface area contributed by atoms with E-state index in [4.69, 9.17) is 9.47 Å². The summed E-state index contributed by atoms with van der Waals surface area (Å²) in [6, 6.07) is 18.9. The summed E-state index contributed by atoms with van der Waals surface area (Å²) >= 11 is 0. The number of carbonyl (C=O) groups excluding carboxylic acids is 2. The number of benzene rings is 3. The Morgan fingerprint density at radius 2 is 1.68 bits per heavy atom. The van der Waals surface area contributed by atoms with Crippen LogP contribution in [0.25, 0.3) is 5.76 Å². The zero-order valence-electron chi connectivity index (χ0n) is 20.9. The molecule has 1 heterocycles. The van der Waals surface area contributed by atoms with Crippen molar-refractivity contribution in [1.29, 1.82) is 0 Å². The molecule has 37 heavy (non-hydrogen) atoms. The van der Waals surface area contributed by atoms with Crippen LogP contribution in [-0.4, -0.2) is 34.9 Å². The summed E-state index contributed by atoms with van der Waals surface area (Å²) in [7, 11) is 0. The van der Waals surface area contributed by atoms with Crippen molar-refractivity contribution in [2.45, 2.75) is 39.3 Å². The lowest BCUT2D eigenvalue weighted by Crippen LogP contribution is -2.29. The van der Waals surface area contributed by atoms with E-state index in [-0.39, 0.29) is 23.4 Å². The van der Waals surface area contributed by atoms with Crippen molar-refractivity contribution in [2.75, 3.05) is 13.2 Å². The maximum atomic E-state index is 13.5. The Kier molecular flexibility index (Phi) is 8.23. The second-order valence-electron chi connectivity index (χ2n) is 8.76. The number of hydrogen-bond donors (Lipinski definition) is 1. The first-order valence-corrected chi connectivity index (χ1v) is 12.4. The van der Waals surface area contributed by atoms with E-state index in [2.05, 4.69) is 6.92 Å². The fraction of sp³-hybridized carbons (Fsp3) is 0.267. The van der Waals surface area contributed by atoms with E-state index in [1.54, 1.807) is 18.2 Å². The Morgan fingerprint density at radius 3 is 2.35 bits per heavy atom. The van der Waals surface area contributed by atoms with E-state index >= 15 is 0 Å². The molecule has 1 aliphatic rings. The number of amides is 1. The van der Waals surface area contributed by atoms with Crippen molar-refractivity contribution in [3.63, 3.8) is 0 Å². The predicted molar refractivity (Wildman–Crippen MR) is 139 cm³/mol. The van der Waals surface area contributed by atoms with Gasteiger partial charge in [0.1, 0.15) is 11.6 Å². The number of ether oxygens (including phenoxy) is 2. The van der Waals surface area contributed by atoms with Crippen LogP contribution in [0.1, 0.15) is 49.4 Å². The van der Waals surface area contributed by atoms with E-state index in [1.165, 1.54) is 29.2 Å². The molecule has 0 aliphatic carbocycles. The van der Waals surface area contributed by atoms with Crippen molar-refractivity contribution in [3.8, 4) is 11.5 Å². The molecule has 0 saturated carbocycles. The minimum absolute atomic E-state index is 0.0605. The van der Waals surface area contributed by atoms with Gasteiger partial charge >= 0.3 is 0 Å². The molecule has 1 unspecified atom stereocenters. The van der Waals surface area contributed by atoms with Gasteiger partial charge in [-0.15, -0.1) is 0 Å². The number of ketones is 1. The van der Waals surface area contributed by atoms with Crippen LogP contribution >= 0.6 is 0 Å². The molecule has 7 heteroatoms. The minimum Gasteiger partial charge on any atom is -0.507 e. The average Bonchev–Trinajstić information content (AvgIpc) is 3.15. The van der Waals surface area contributed by atoms with Gasteiger partial charge in [-0.2, -0.15) is 0 Å². The molecule has 1 aliphatic heterocycles. The molecule has 1 atom stereocenters. The lowest BCUT2D eigenvalue weighted by atomic mass is 9.94. The predicted octanol–water partition coefficient (Wildman–Crippen LogP) is 6.03. The number of unbranched alkanes of at least 4 members (excludes halogenated alkanes) is 1. The van der Waals surface area contributed by atoms with Gasteiger partial charge in [0.25, 0.3) is 11.7 Å². The first kappa shape index (κ1) is 25.9. The van der Waals surface area contributed by atoms with Crippen LogP contribution in [0.15, 0.2) is 78.4 Å². The summed E-state index contributed by atoms with van der Waals surface area (Å²) in [4.78, 5) is 28.0. The minimum atomic E-state index is -0.880. The molecular weight excluding hydrogens is 473 g/mol. The number of halogens is 1. The Labute approximate surface area is 215 Å². The van der Waals surface area contributed by atoms with Gasteiger partial charge in [-0.1, -0.05) is 49.7 Å². The number of carbonyl (C=O) groups is 2. The van der Waals surface area contributed by atoms with Gasteiger partial charge in [0.2, 0.25) is 0 Å². The lowest BCUT2D eigenvalue weighted by molar-refractivity contribution is -0.140. The summed E-state index contributed by atoms with van der Waals surface area (Å²) in [5, 5.41) is 11.2. The summed E-state index contributed by atoms with van der Waals surface area (Å²) in [6.07, 6.45) is 1.88. The number of aliphatic hydroxyl groups is 1. The number of aliphatic hydroxyl groups excluding tert-OH is 1. The van der Waals surface area contributed by atoms with Crippen LogP contribution in [0.4, 0.5) is 4.39 Å². The highest BCUT2D eigenvalue weighted by Gasteiger charge is 2.46. The van der Waals surface area contributed by atoms with Gasteiger partial charge < -0.3 is 19.5 Å². The van der Waals surface area contributed by atoms with Crippen molar-refractivity contribution < 1.29 is 28.6 Å². The Bertz CT molecular complexity index is 1290. The number of rotatable bonds is 10. The third-order valence-corrected chi connectivity index (χ3v) is 6.19. The molecule has 6 nitrogen and oxygen atoms in total. The SMILES string of the molecule is CCCCOc1ccc(C2C(=C(O)c3ccc(F)cc3)C(=O)C(=O)N2Cc2ccccc2)cc1OCC. The molecule has 0 aromatic heterocycles. The molecule has 3 aromatic rings. The maximum Gasteiger partial charge on any atom is 0.295 e. The summed E-state index contributed by atoms with van der Waals surface area (Å²) in [5.74, 6) is -1.30. The fourth-order valence-corrected chi connectivity index (χ4v) is 4.34. The summed E-state index contributed by atoms with van der Waals surface area (Å²) in [6.45, 7) is 5.03. The van der Waals surface area contributed by atoms with Crippen LogP contribution in [-0.2, 0) is 16.1 Å². The topological polar surface area (TPSA) is 76.1 Å². The Balaban J connectivity index is 1.83. The molecule has 1 amide bonds. The van der Waals surface area contributed by atoms with E-state index in [1.807, 2.05) is 37.3 Å². The van der Waals surface area contributed by atoms with Crippen molar-refractivity contribution >= 4 is 17.4 Å². The van der Waals surface area contributed by atoms with E-state index in [0.29, 0.717) is 30.3 Å². The second-order valence-corrected chi connectivity index (χ2v) is 8.76. The zero-order valence-corrected chi connectivity index (χ0v) is 20.9. The van der Waals surface area contributed by atoms with Gasteiger partial charge in [-0.25, -0.2) is 4.39 Å². The van der Waals surface area contributed by atoms with Crippen molar-refractivity contribution in [3.05, 3.63) is 101 Å².